The van der Waals surface area contributed by atoms with Crippen molar-refractivity contribution in [2.75, 3.05) is 36.4 Å². The lowest BCUT2D eigenvalue weighted by molar-refractivity contribution is 0.249. The molecule has 6 nitrogen and oxygen atoms in total. The topological polar surface area (TPSA) is 68.1 Å². The molecular weight excluding hydrogens is 348 g/mol. The van der Waals surface area contributed by atoms with E-state index >= 15 is 0 Å². The van der Waals surface area contributed by atoms with Crippen LogP contribution in [0.5, 0.6) is 0 Å². The first kappa shape index (κ1) is 18.0. The number of nitrogens with one attached hydrogen (secondary N) is 1. The summed E-state index contributed by atoms with van der Waals surface area (Å²) >= 11 is 0. The Morgan fingerprint density at radius 1 is 0.929 bits per heavy atom. The van der Waals surface area contributed by atoms with Gasteiger partial charge in [-0.3, -0.25) is 4.90 Å². The molecule has 1 aliphatic rings. The van der Waals surface area contributed by atoms with E-state index in [4.69, 9.17) is 5.26 Å². The first-order valence-electron chi connectivity index (χ1n) is 9.41. The van der Waals surface area contributed by atoms with E-state index in [2.05, 4.69) is 61.5 Å². The van der Waals surface area contributed by atoms with Crippen LogP contribution < -0.4 is 10.2 Å². The second kappa shape index (κ2) is 8.51. The third-order valence-corrected chi connectivity index (χ3v) is 4.86. The zero-order valence-electron chi connectivity index (χ0n) is 15.6. The third-order valence-electron chi connectivity index (χ3n) is 4.86. The minimum absolute atomic E-state index is 0.564. The van der Waals surface area contributed by atoms with Crippen molar-refractivity contribution >= 4 is 17.5 Å². The van der Waals surface area contributed by atoms with Crippen LogP contribution >= 0.6 is 0 Å². The van der Waals surface area contributed by atoms with E-state index in [1.807, 2.05) is 18.2 Å². The molecule has 4 rings (SSSR count). The minimum atomic E-state index is 0.564. The molecule has 0 bridgehead atoms. The molecule has 0 unspecified atom stereocenters. The van der Waals surface area contributed by atoms with Gasteiger partial charge in [-0.05, 0) is 35.9 Å². The fourth-order valence-electron chi connectivity index (χ4n) is 3.32. The van der Waals surface area contributed by atoms with Crippen LogP contribution in [0.3, 0.4) is 0 Å². The second-order valence-electron chi connectivity index (χ2n) is 6.80. The quantitative estimate of drug-likeness (QED) is 0.742. The Morgan fingerprint density at radius 3 is 2.39 bits per heavy atom. The van der Waals surface area contributed by atoms with Crippen molar-refractivity contribution in [1.82, 2.24) is 14.9 Å². The average Bonchev–Trinajstić information content (AvgIpc) is 2.76. The molecule has 1 aliphatic heterocycles. The molecule has 0 atom stereocenters. The molecule has 1 aromatic heterocycles. The summed E-state index contributed by atoms with van der Waals surface area (Å²) in [5.74, 6) is 1.50. The van der Waals surface area contributed by atoms with Crippen LogP contribution in [0, 0.1) is 11.3 Å². The summed E-state index contributed by atoms with van der Waals surface area (Å²) in [6.45, 7) is 4.90. The van der Waals surface area contributed by atoms with Gasteiger partial charge in [-0.15, -0.1) is 0 Å². The maximum Gasteiger partial charge on any atom is 0.229 e. The highest BCUT2D eigenvalue weighted by molar-refractivity contribution is 5.56. The van der Waals surface area contributed by atoms with Gasteiger partial charge in [0, 0.05) is 44.6 Å². The van der Waals surface area contributed by atoms with Crippen molar-refractivity contribution in [3.63, 3.8) is 0 Å². The average molecular weight is 370 g/mol. The maximum absolute atomic E-state index is 8.90. The van der Waals surface area contributed by atoms with Crippen LogP contribution in [0.4, 0.5) is 17.5 Å². The Kier molecular flexibility index (Phi) is 5.46. The monoisotopic (exact) mass is 370 g/mol. The van der Waals surface area contributed by atoms with Crippen molar-refractivity contribution in [2.24, 2.45) is 0 Å². The van der Waals surface area contributed by atoms with E-state index in [1.165, 1.54) is 5.56 Å². The molecule has 0 amide bonds. The van der Waals surface area contributed by atoms with E-state index in [0.717, 1.165) is 44.2 Å². The van der Waals surface area contributed by atoms with Gasteiger partial charge in [-0.1, -0.05) is 30.3 Å². The second-order valence-corrected chi connectivity index (χ2v) is 6.80. The molecule has 6 heteroatoms. The van der Waals surface area contributed by atoms with Gasteiger partial charge in [0.1, 0.15) is 5.82 Å². The summed E-state index contributed by atoms with van der Waals surface area (Å²) in [5, 5.41) is 12.1. The molecule has 28 heavy (non-hydrogen) atoms. The van der Waals surface area contributed by atoms with Crippen LogP contribution in [0.25, 0.3) is 0 Å². The largest absolute Gasteiger partial charge is 0.354 e. The number of hydrogen-bond acceptors (Lipinski definition) is 6. The third kappa shape index (κ3) is 4.45. The lowest BCUT2D eigenvalue weighted by atomic mass is 10.2. The van der Waals surface area contributed by atoms with Gasteiger partial charge in [0.05, 0.1) is 11.6 Å². The summed E-state index contributed by atoms with van der Waals surface area (Å²) in [6.07, 6.45) is 1.78. The number of nitriles is 1. The van der Waals surface area contributed by atoms with Gasteiger partial charge in [-0.25, -0.2) is 4.98 Å². The van der Waals surface area contributed by atoms with E-state index in [0.29, 0.717) is 11.5 Å². The standard InChI is InChI=1S/C22H22N6/c23-16-18-6-8-20(9-7-18)25-22-24-11-10-21(26-22)28-14-12-27(13-15-28)17-19-4-2-1-3-5-19/h1-11H,12-15,17H2,(H,24,25,26). The predicted octanol–water partition coefficient (Wildman–Crippen LogP) is 3.41. The van der Waals surface area contributed by atoms with E-state index in [1.54, 1.807) is 18.3 Å². The van der Waals surface area contributed by atoms with Crippen LogP contribution in [0.1, 0.15) is 11.1 Å². The maximum atomic E-state index is 8.90. The summed E-state index contributed by atoms with van der Waals surface area (Å²) in [5.41, 5.74) is 2.85. The number of aromatic nitrogens is 2. The summed E-state index contributed by atoms with van der Waals surface area (Å²) in [6, 6.07) is 21.9. The molecule has 0 spiro atoms. The van der Waals surface area contributed by atoms with Gasteiger partial charge < -0.3 is 10.2 Å². The minimum Gasteiger partial charge on any atom is -0.354 e. The van der Waals surface area contributed by atoms with Gasteiger partial charge in [-0.2, -0.15) is 10.2 Å². The molecular formula is C22H22N6. The first-order valence-corrected chi connectivity index (χ1v) is 9.41. The van der Waals surface area contributed by atoms with Crippen molar-refractivity contribution < 1.29 is 0 Å². The van der Waals surface area contributed by atoms with E-state index in [-0.39, 0.29) is 0 Å². The van der Waals surface area contributed by atoms with Gasteiger partial charge in [0.15, 0.2) is 0 Å². The lowest BCUT2D eigenvalue weighted by Gasteiger charge is -2.35. The molecule has 0 radical (unpaired) electrons. The molecule has 1 N–H and O–H groups in total. The fraction of sp³-hybridized carbons (Fsp3) is 0.227. The van der Waals surface area contributed by atoms with Crippen LogP contribution in [-0.4, -0.2) is 41.0 Å². The highest BCUT2D eigenvalue weighted by atomic mass is 15.3. The summed E-state index contributed by atoms with van der Waals surface area (Å²) < 4.78 is 0. The molecule has 2 aromatic carbocycles. The Bertz CT molecular complexity index is 941. The van der Waals surface area contributed by atoms with Crippen molar-refractivity contribution in [3.05, 3.63) is 78.0 Å². The van der Waals surface area contributed by atoms with Crippen molar-refractivity contribution in [2.45, 2.75) is 6.54 Å². The zero-order chi connectivity index (χ0) is 19.2. The van der Waals surface area contributed by atoms with Crippen molar-refractivity contribution in [3.8, 4) is 6.07 Å². The fourth-order valence-corrected chi connectivity index (χ4v) is 3.32. The molecule has 140 valence electrons. The van der Waals surface area contributed by atoms with Gasteiger partial charge in [0.2, 0.25) is 5.95 Å². The van der Waals surface area contributed by atoms with E-state index < -0.39 is 0 Å². The first-order chi connectivity index (χ1) is 13.8. The molecule has 2 heterocycles. The summed E-state index contributed by atoms with van der Waals surface area (Å²) in [4.78, 5) is 13.8. The van der Waals surface area contributed by atoms with E-state index in [9.17, 15) is 0 Å². The number of anilines is 3. The molecule has 0 saturated carbocycles. The Hall–Kier alpha value is -3.43. The Balaban J connectivity index is 1.36. The number of rotatable bonds is 5. The number of hydrogen-bond donors (Lipinski definition) is 1. The molecule has 1 saturated heterocycles. The Labute approximate surface area is 165 Å². The van der Waals surface area contributed by atoms with Gasteiger partial charge >= 0.3 is 0 Å². The highest BCUT2D eigenvalue weighted by Crippen LogP contribution is 2.19. The summed E-state index contributed by atoms with van der Waals surface area (Å²) in [7, 11) is 0. The van der Waals surface area contributed by atoms with Gasteiger partial charge in [0.25, 0.3) is 0 Å². The van der Waals surface area contributed by atoms with Crippen LogP contribution in [-0.2, 0) is 6.54 Å². The Morgan fingerprint density at radius 2 is 1.68 bits per heavy atom. The van der Waals surface area contributed by atoms with Crippen LogP contribution in [0.2, 0.25) is 0 Å². The van der Waals surface area contributed by atoms with Crippen LogP contribution in [0.15, 0.2) is 66.9 Å². The molecule has 0 aliphatic carbocycles. The zero-order valence-corrected chi connectivity index (χ0v) is 15.6. The lowest BCUT2D eigenvalue weighted by Crippen LogP contribution is -2.46. The number of nitrogens with zero attached hydrogens (tertiary/aromatic N) is 5. The smallest absolute Gasteiger partial charge is 0.229 e. The SMILES string of the molecule is N#Cc1ccc(Nc2nccc(N3CCN(Cc4ccccc4)CC3)n2)cc1. The van der Waals surface area contributed by atoms with Crippen molar-refractivity contribution in [1.29, 1.82) is 5.26 Å². The highest BCUT2D eigenvalue weighted by Gasteiger charge is 2.18. The number of benzene rings is 2. The predicted molar refractivity (Wildman–Crippen MR) is 110 cm³/mol. The molecule has 1 fully saturated rings. The molecule has 3 aromatic rings. The normalized spacial score (nSPS) is 14.5. The number of piperazine rings is 1.